The molecule has 5 nitrogen and oxygen atoms in total. The lowest BCUT2D eigenvalue weighted by atomic mass is 10.2. The molecule has 19 heavy (non-hydrogen) atoms. The molecule has 1 N–H and O–H groups in total. The van der Waals surface area contributed by atoms with E-state index in [-0.39, 0.29) is 18.0 Å². The molecular weight excluding hydrogens is 249 g/mol. The van der Waals surface area contributed by atoms with Crippen LogP contribution < -0.4 is 5.32 Å². The minimum atomic E-state index is -0.309. The Morgan fingerprint density at radius 3 is 3.11 bits per heavy atom. The third-order valence-electron chi connectivity index (χ3n) is 3.25. The van der Waals surface area contributed by atoms with Crippen molar-refractivity contribution in [3.05, 3.63) is 30.3 Å². The van der Waals surface area contributed by atoms with Gasteiger partial charge in [0.15, 0.2) is 0 Å². The zero-order valence-electron chi connectivity index (χ0n) is 10.5. The molecule has 1 saturated heterocycles. The summed E-state index contributed by atoms with van der Waals surface area (Å²) in [6.45, 7) is 1.09. The predicted molar refractivity (Wildman–Crippen MR) is 68.5 cm³/mol. The van der Waals surface area contributed by atoms with Gasteiger partial charge in [0.1, 0.15) is 24.1 Å². The Kier molecular flexibility index (Phi) is 3.27. The van der Waals surface area contributed by atoms with Gasteiger partial charge in [-0.25, -0.2) is 14.4 Å². The molecule has 0 aliphatic carbocycles. The van der Waals surface area contributed by atoms with Crippen molar-refractivity contribution in [2.24, 2.45) is 0 Å². The summed E-state index contributed by atoms with van der Waals surface area (Å²) in [6, 6.07) is 4.45. The van der Waals surface area contributed by atoms with Crippen molar-refractivity contribution >= 4 is 16.7 Å². The van der Waals surface area contributed by atoms with E-state index < -0.39 is 0 Å². The highest BCUT2D eigenvalue weighted by Gasteiger charge is 2.28. The number of hydrogen-bond donors (Lipinski definition) is 1. The van der Waals surface area contributed by atoms with Gasteiger partial charge < -0.3 is 14.8 Å². The smallest absolute Gasteiger partial charge is 0.137 e. The molecule has 3 rings (SSSR count). The van der Waals surface area contributed by atoms with Crippen molar-refractivity contribution in [3.63, 3.8) is 0 Å². The summed E-state index contributed by atoms with van der Waals surface area (Å²) in [7, 11) is 1.64. The average molecular weight is 263 g/mol. The summed E-state index contributed by atoms with van der Waals surface area (Å²) in [5.41, 5.74) is 0.701. The second-order valence-corrected chi connectivity index (χ2v) is 4.45. The molecule has 6 heteroatoms. The number of rotatable bonds is 3. The SMILES string of the molecule is CO[C@@H]1COC[C@@H]1Nc1ncnc2ccc(F)cc12. The summed E-state index contributed by atoms with van der Waals surface area (Å²) in [4.78, 5) is 8.30. The lowest BCUT2D eigenvalue weighted by Gasteiger charge is -2.18. The number of ether oxygens (including phenoxy) is 2. The first-order valence-corrected chi connectivity index (χ1v) is 6.05. The van der Waals surface area contributed by atoms with Gasteiger partial charge in [-0.05, 0) is 18.2 Å². The molecule has 1 aromatic heterocycles. The number of aromatic nitrogens is 2. The number of benzene rings is 1. The third-order valence-corrected chi connectivity index (χ3v) is 3.25. The molecular formula is C13H14FN3O2. The number of nitrogens with zero attached hydrogens (tertiary/aromatic N) is 2. The van der Waals surface area contributed by atoms with Crippen LogP contribution in [0, 0.1) is 5.82 Å². The van der Waals surface area contributed by atoms with Crippen molar-refractivity contribution in [1.29, 1.82) is 0 Å². The van der Waals surface area contributed by atoms with Gasteiger partial charge in [-0.15, -0.1) is 0 Å². The second-order valence-electron chi connectivity index (χ2n) is 4.45. The molecule has 0 spiro atoms. The van der Waals surface area contributed by atoms with E-state index in [4.69, 9.17) is 9.47 Å². The Morgan fingerprint density at radius 2 is 2.26 bits per heavy atom. The maximum atomic E-state index is 13.3. The predicted octanol–water partition coefficient (Wildman–Crippen LogP) is 1.59. The van der Waals surface area contributed by atoms with Crippen LogP contribution in [0.5, 0.6) is 0 Å². The summed E-state index contributed by atoms with van der Waals surface area (Å²) in [6.07, 6.45) is 1.43. The van der Waals surface area contributed by atoms with Gasteiger partial charge in [-0.1, -0.05) is 0 Å². The van der Waals surface area contributed by atoms with E-state index >= 15 is 0 Å². The van der Waals surface area contributed by atoms with Crippen molar-refractivity contribution in [3.8, 4) is 0 Å². The molecule has 0 saturated carbocycles. The molecule has 2 atom stereocenters. The van der Waals surface area contributed by atoms with Crippen molar-refractivity contribution < 1.29 is 13.9 Å². The number of hydrogen-bond acceptors (Lipinski definition) is 5. The Bertz CT molecular complexity index is 593. The van der Waals surface area contributed by atoms with Crippen LogP contribution in [0.4, 0.5) is 10.2 Å². The van der Waals surface area contributed by atoms with Crippen LogP contribution in [-0.2, 0) is 9.47 Å². The van der Waals surface area contributed by atoms with Crippen molar-refractivity contribution in [2.75, 3.05) is 25.6 Å². The second kappa shape index (κ2) is 5.07. The zero-order chi connectivity index (χ0) is 13.2. The molecule has 1 fully saturated rings. The van der Waals surface area contributed by atoms with E-state index in [0.717, 1.165) is 0 Å². The van der Waals surface area contributed by atoms with Crippen molar-refractivity contribution in [2.45, 2.75) is 12.1 Å². The zero-order valence-corrected chi connectivity index (χ0v) is 10.5. The van der Waals surface area contributed by atoms with Gasteiger partial charge in [0.2, 0.25) is 0 Å². The number of nitrogens with one attached hydrogen (secondary N) is 1. The minimum absolute atomic E-state index is 0.00590. The molecule has 1 aliphatic rings. The molecule has 1 aliphatic heterocycles. The van der Waals surface area contributed by atoms with Crippen LogP contribution in [-0.4, -0.2) is 42.4 Å². The molecule has 1 aromatic carbocycles. The molecule has 0 bridgehead atoms. The summed E-state index contributed by atoms with van der Waals surface area (Å²) >= 11 is 0. The summed E-state index contributed by atoms with van der Waals surface area (Å²) < 4.78 is 24.0. The third kappa shape index (κ3) is 2.36. The maximum Gasteiger partial charge on any atom is 0.137 e. The largest absolute Gasteiger partial charge is 0.377 e. The van der Waals surface area contributed by atoms with E-state index in [0.29, 0.717) is 29.9 Å². The van der Waals surface area contributed by atoms with Crippen LogP contribution in [0.1, 0.15) is 0 Å². The highest BCUT2D eigenvalue weighted by Crippen LogP contribution is 2.22. The van der Waals surface area contributed by atoms with Gasteiger partial charge in [-0.3, -0.25) is 0 Å². The first kappa shape index (κ1) is 12.3. The van der Waals surface area contributed by atoms with Crippen LogP contribution in [0.25, 0.3) is 10.9 Å². The van der Waals surface area contributed by atoms with E-state index in [1.165, 1.54) is 18.5 Å². The van der Waals surface area contributed by atoms with Crippen LogP contribution in [0.15, 0.2) is 24.5 Å². The van der Waals surface area contributed by atoms with E-state index in [2.05, 4.69) is 15.3 Å². The van der Waals surface area contributed by atoms with Gasteiger partial charge >= 0.3 is 0 Å². The number of methoxy groups -OCH3 is 1. The average Bonchev–Trinajstić information content (AvgIpc) is 2.87. The van der Waals surface area contributed by atoms with Crippen LogP contribution >= 0.6 is 0 Å². The number of halogens is 1. The molecule has 0 unspecified atom stereocenters. The molecule has 2 heterocycles. The Morgan fingerprint density at radius 1 is 1.37 bits per heavy atom. The number of anilines is 1. The topological polar surface area (TPSA) is 56.3 Å². The number of fused-ring (bicyclic) bond motifs is 1. The monoisotopic (exact) mass is 263 g/mol. The van der Waals surface area contributed by atoms with Gasteiger partial charge in [0.25, 0.3) is 0 Å². The van der Waals surface area contributed by atoms with E-state index in [1.807, 2.05) is 0 Å². The Hall–Kier alpha value is -1.79. The van der Waals surface area contributed by atoms with Crippen LogP contribution in [0.2, 0.25) is 0 Å². The fraction of sp³-hybridized carbons (Fsp3) is 0.385. The molecule has 0 amide bonds. The minimum Gasteiger partial charge on any atom is -0.377 e. The fourth-order valence-corrected chi connectivity index (χ4v) is 2.22. The van der Waals surface area contributed by atoms with Gasteiger partial charge in [0.05, 0.1) is 24.8 Å². The highest BCUT2D eigenvalue weighted by atomic mass is 19.1. The normalized spacial score (nSPS) is 22.8. The molecule has 0 radical (unpaired) electrons. The Labute approximate surface area is 109 Å². The summed E-state index contributed by atoms with van der Waals surface area (Å²) in [5.74, 6) is 0.290. The first-order valence-electron chi connectivity index (χ1n) is 6.05. The summed E-state index contributed by atoms with van der Waals surface area (Å²) in [5, 5.41) is 3.90. The van der Waals surface area contributed by atoms with Gasteiger partial charge in [-0.2, -0.15) is 0 Å². The standard InChI is InChI=1S/C13H14FN3O2/c1-18-12-6-19-5-11(12)17-13-9-4-8(14)2-3-10(9)15-7-16-13/h2-4,7,11-12H,5-6H2,1H3,(H,15,16,17)/t11-,12+/m0/s1. The van der Waals surface area contributed by atoms with E-state index in [9.17, 15) is 4.39 Å². The maximum absolute atomic E-state index is 13.3. The first-order chi connectivity index (χ1) is 9.28. The highest BCUT2D eigenvalue weighted by molar-refractivity contribution is 5.88. The molecule has 100 valence electrons. The Balaban J connectivity index is 1.94. The molecule has 2 aromatic rings. The lowest BCUT2D eigenvalue weighted by molar-refractivity contribution is 0.0795. The fourth-order valence-electron chi connectivity index (χ4n) is 2.22. The van der Waals surface area contributed by atoms with E-state index in [1.54, 1.807) is 13.2 Å². The van der Waals surface area contributed by atoms with Crippen LogP contribution in [0.3, 0.4) is 0 Å². The van der Waals surface area contributed by atoms with Crippen molar-refractivity contribution in [1.82, 2.24) is 9.97 Å². The van der Waals surface area contributed by atoms with Gasteiger partial charge in [0, 0.05) is 12.5 Å². The lowest BCUT2D eigenvalue weighted by Crippen LogP contribution is -2.33. The quantitative estimate of drug-likeness (QED) is 0.911.